The summed E-state index contributed by atoms with van der Waals surface area (Å²) < 4.78 is 7.88. The summed E-state index contributed by atoms with van der Waals surface area (Å²) in [5.41, 5.74) is 3.18. The zero-order chi connectivity index (χ0) is 18.3. The molecule has 0 spiro atoms. The van der Waals surface area contributed by atoms with Gasteiger partial charge in [0.05, 0.1) is 6.26 Å². The molecule has 0 aromatic heterocycles. The molecule has 1 saturated carbocycles. The molecule has 0 aromatic rings. The second kappa shape index (κ2) is 10.3. The second-order valence-corrected chi connectivity index (χ2v) is 14.7. The summed E-state index contributed by atoms with van der Waals surface area (Å²) in [4.78, 5) is 12.1. The van der Waals surface area contributed by atoms with Crippen molar-refractivity contribution in [2.45, 2.75) is 96.7 Å². The lowest BCUT2D eigenvalue weighted by atomic mass is 9.91. The fourth-order valence-corrected chi connectivity index (χ4v) is 10.2. The first-order valence-corrected chi connectivity index (χ1v) is 13.4. The van der Waals surface area contributed by atoms with Gasteiger partial charge in [0.2, 0.25) is 0 Å². The van der Waals surface area contributed by atoms with E-state index in [0.29, 0.717) is 28.3 Å². The van der Waals surface area contributed by atoms with Crippen LogP contribution in [-0.2, 0) is 9.22 Å². The molecule has 140 valence electrons. The number of hydrogen-bond acceptors (Lipinski definition) is 2. The molecular formula is C20H37IO2Si. The van der Waals surface area contributed by atoms with Crippen LogP contribution in [0, 0.1) is 5.92 Å². The lowest BCUT2D eigenvalue weighted by molar-refractivity contribution is -0.119. The third-order valence-corrected chi connectivity index (χ3v) is 12.4. The highest BCUT2D eigenvalue weighted by molar-refractivity contribution is 14.1. The van der Waals surface area contributed by atoms with Gasteiger partial charge in [-0.2, -0.15) is 0 Å². The largest absolute Gasteiger partial charge is 0.548 e. The normalized spacial score (nSPS) is 21.8. The molecule has 0 heterocycles. The van der Waals surface area contributed by atoms with Crippen LogP contribution in [0.5, 0.6) is 0 Å². The average Bonchev–Trinajstić information content (AvgIpc) is 2.66. The number of ketones is 1. The fourth-order valence-electron chi connectivity index (χ4n) is 4.55. The maximum atomic E-state index is 12.1. The van der Waals surface area contributed by atoms with Crippen LogP contribution in [0.1, 0.15) is 80.1 Å². The van der Waals surface area contributed by atoms with Crippen LogP contribution in [-0.4, -0.2) is 18.5 Å². The molecule has 1 fully saturated rings. The van der Waals surface area contributed by atoms with E-state index in [-0.39, 0.29) is 0 Å². The van der Waals surface area contributed by atoms with Gasteiger partial charge < -0.3 is 4.43 Å². The Morgan fingerprint density at radius 3 is 2.21 bits per heavy atom. The van der Waals surface area contributed by atoms with Gasteiger partial charge in [0.15, 0.2) is 0 Å². The molecule has 1 aliphatic carbocycles. The third kappa shape index (κ3) is 5.58. The molecule has 0 amide bonds. The second-order valence-electron chi connectivity index (χ2n) is 8.25. The lowest BCUT2D eigenvalue weighted by Crippen LogP contribution is -2.46. The first-order valence-electron chi connectivity index (χ1n) is 9.70. The standard InChI is InChI=1S/C20H37IO2Si/c1-15(2)24(16(3)4,17(5)6)23-14-19-9-7-11-20(22)13-18(19)10-8-12-21/h14-18H,7-13H2,1-6H3/b19-14+. The van der Waals surface area contributed by atoms with Gasteiger partial charge in [0, 0.05) is 12.8 Å². The van der Waals surface area contributed by atoms with Crippen molar-refractivity contribution in [3.63, 3.8) is 0 Å². The Bertz CT molecular complexity index is 408. The molecule has 1 rings (SSSR count). The van der Waals surface area contributed by atoms with Crippen LogP contribution < -0.4 is 0 Å². The molecule has 1 aliphatic rings. The van der Waals surface area contributed by atoms with Crippen molar-refractivity contribution < 1.29 is 9.22 Å². The fraction of sp³-hybridized carbons (Fsp3) is 0.850. The number of alkyl halides is 1. The highest BCUT2D eigenvalue weighted by Crippen LogP contribution is 2.43. The van der Waals surface area contributed by atoms with E-state index in [1.807, 2.05) is 0 Å². The summed E-state index contributed by atoms with van der Waals surface area (Å²) in [5.74, 6) is 0.852. The van der Waals surface area contributed by atoms with Crippen LogP contribution in [0.3, 0.4) is 0 Å². The minimum absolute atomic E-state index is 0.410. The quantitative estimate of drug-likeness (QED) is 0.127. The number of hydrogen-bond donors (Lipinski definition) is 0. The molecule has 0 aliphatic heterocycles. The van der Waals surface area contributed by atoms with E-state index in [2.05, 4.69) is 70.4 Å². The smallest absolute Gasteiger partial charge is 0.257 e. The van der Waals surface area contributed by atoms with E-state index in [1.165, 1.54) is 16.4 Å². The van der Waals surface area contributed by atoms with Gasteiger partial charge in [-0.15, -0.1) is 0 Å². The van der Waals surface area contributed by atoms with Gasteiger partial charge in [0.25, 0.3) is 8.32 Å². The maximum absolute atomic E-state index is 12.1. The maximum Gasteiger partial charge on any atom is 0.257 e. The highest BCUT2D eigenvalue weighted by atomic mass is 127. The number of halogens is 1. The predicted octanol–water partition coefficient (Wildman–Crippen LogP) is 7.04. The predicted molar refractivity (Wildman–Crippen MR) is 115 cm³/mol. The summed E-state index contributed by atoms with van der Waals surface area (Å²) in [6.07, 6.45) is 7.96. The topological polar surface area (TPSA) is 26.3 Å². The van der Waals surface area contributed by atoms with Crippen LogP contribution in [0.15, 0.2) is 11.8 Å². The summed E-state index contributed by atoms with van der Waals surface area (Å²) in [5, 5.41) is 0. The Balaban J connectivity index is 3.05. The van der Waals surface area contributed by atoms with Gasteiger partial charge in [-0.1, -0.05) is 64.1 Å². The third-order valence-electron chi connectivity index (χ3n) is 5.73. The van der Waals surface area contributed by atoms with Gasteiger partial charge in [-0.05, 0) is 58.2 Å². The SMILES string of the molecule is CC(C)[Si](O/C=C1\CCCC(=O)CC1CCCI)(C(C)C)C(C)C. The molecule has 1 unspecified atom stereocenters. The minimum atomic E-state index is -1.87. The molecule has 1 atom stereocenters. The monoisotopic (exact) mass is 464 g/mol. The van der Waals surface area contributed by atoms with Crippen LogP contribution >= 0.6 is 22.6 Å². The van der Waals surface area contributed by atoms with E-state index in [0.717, 1.165) is 32.1 Å². The Labute approximate surface area is 164 Å². The Kier molecular flexibility index (Phi) is 9.56. The van der Waals surface area contributed by atoms with E-state index >= 15 is 0 Å². The summed E-state index contributed by atoms with van der Waals surface area (Å²) in [6.45, 7) is 14.0. The van der Waals surface area contributed by atoms with Gasteiger partial charge in [-0.25, -0.2) is 0 Å². The summed E-state index contributed by atoms with van der Waals surface area (Å²) in [6, 6.07) is 0. The molecule has 0 saturated heterocycles. The van der Waals surface area contributed by atoms with E-state index in [1.54, 1.807) is 0 Å². The lowest BCUT2D eigenvalue weighted by Gasteiger charge is -2.41. The van der Waals surface area contributed by atoms with Crippen molar-refractivity contribution >= 4 is 36.7 Å². The first-order chi connectivity index (χ1) is 11.3. The molecule has 0 bridgehead atoms. The van der Waals surface area contributed by atoms with Crippen molar-refractivity contribution in [2.24, 2.45) is 5.92 Å². The van der Waals surface area contributed by atoms with Crippen molar-refractivity contribution in [2.75, 3.05) is 4.43 Å². The summed E-state index contributed by atoms with van der Waals surface area (Å²) >= 11 is 2.44. The van der Waals surface area contributed by atoms with Crippen LogP contribution in [0.25, 0.3) is 0 Å². The molecule has 0 N–H and O–H groups in total. The molecule has 2 nitrogen and oxygen atoms in total. The Hall–Kier alpha value is 0.157. The van der Waals surface area contributed by atoms with Crippen LogP contribution in [0.4, 0.5) is 0 Å². The van der Waals surface area contributed by atoms with Gasteiger partial charge in [-0.3, -0.25) is 4.79 Å². The highest BCUT2D eigenvalue weighted by Gasteiger charge is 2.46. The van der Waals surface area contributed by atoms with E-state index in [4.69, 9.17) is 4.43 Å². The number of carbonyl (C=O) groups excluding carboxylic acids is 1. The number of allylic oxidation sites excluding steroid dienone is 1. The van der Waals surface area contributed by atoms with E-state index < -0.39 is 8.32 Å². The Morgan fingerprint density at radius 2 is 1.71 bits per heavy atom. The number of carbonyl (C=O) groups is 1. The molecular weight excluding hydrogens is 427 g/mol. The van der Waals surface area contributed by atoms with Crippen molar-refractivity contribution in [1.29, 1.82) is 0 Å². The van der Waals surface area contributed by atoms with E-state index in [9.17, 15) is 4.79 Å². The number of Topliss-reactive ketones (excluding diaryl/α,β-unsaturated/α-hetero) is 1. The molecule has 0 aromatic carbocycles. The first kappa shape index (κ1) is 22.2. The molecule has 24 heavy (non-hydrogen) atoms. The number of rotatable bonds is 8. The zero-order valence-corrected chi connectivity index (χ0v) is 19.7. The van der Waals surface area contributed by atoms with Crippen molar-refractivity contribution in [1.82, 2.24) is 0 Å². The zero-order valence-electron chi connectivity index (χ0n) is 16.5. The Morgan fingerprint density at radius 1 is 1.12 bits per heavy atom. The minimum Gasteiger partial charge on any atom is -0.548 e. The van der Waals surface area contributed by atoms with Crippen molar-refractivity contribution in [3.8, 4) is 0 Å². The summed E-state index contributed by atoms with van der Waals surface area (Å²) in [7, 11) is -1.87. The molecule has 4 heteroatoms. The average molecular weight is 465 g/mol. The van der Waals surface area contributed by atoms with Crippen molar-refractivity contribution in [3.05, 3.63) is 11.8 Å². The van der Waals surface area contributed by atoms with Gasteiger partial charge >= 0.3 is 0 Å². The van der Waals surface area contributed by atoms with Crippen LogP contribution in [0.2, 0.25) is 16.6 Å². The molecule has 0 radical (unpaired) electrons. The van der Waals surface area contributed by atoms with Gasteiger partial charge in [0.1, 0.15) is 5.78 Å².